The van der Waals surface area contributed by atoms with E-state index in [9.17, 15) is 14.0 Å². The van der Waals surface area contributed by atoms with Gasteiger partial charge in [0.15, 0.2) is 5.75 Å². The molecule has 2 aromatic rings. The van der Waals surface area contributed by atoms with Crippen LogP contribution in [0.4, 0.5) is 10.1 Å². The highest BCUT2D eigenvalue weighted by molar-refractivity contribution is 6.31. The number of methoxy groups -OCH3 is 1. The molecule has 1 N–H and O–H groups in total. The third-order valence-corrected chi connectivity index (χ3v) is 3.12. The van der Waals surface area contributed by atoms with Gasteiger partial charge in [-0.25, -0.2) is 4.39 Å². The van der Waals surface area contributed by atoms with Gasteiger partial charge in [0.25, 0.3) is 5.91 Å². The van der Waals surface area contributed by atoms with E-state index < -0.39 is 17.2 Å². The predicted molar refractivity (Wildman–Crippen MR) is 77.6 cm³/mol. The molecule has 1 aromatic carbocycles. The molecule has 0 radical (unpaired) electrons. The molecule has 2 rings (SSSR count). The van der Waals surface area contributed by atoms with Crippen molar-refractivity contribution in [1.29, 1.82) is 0 Å². The molecule has 0 saturated heterocycles. The zero-order valence-corrected chi connectivity index (χ0v) is 12.1. The summed E-state index contributed by atoms with van der Waals surface area (Å²) in [4.78, 5) is 23.8. The number of amides is 1. The van der Waals surface area contributed by atoms with Gasteiger partial charge in [-0.2, -0.15) is 0 Å². The fraction of sp³-hybridized carbons (Fsp3) is 0.143. The second-order valence-corrected chi connectivity index (χ2v) is 4.69. The van der Waals surface area contributed by atoms with Gasteiger partial charge >= 0.3 is 0 Å². The lowest BCUT2D eigenvalue weighted by Crippen LogP contribution is -2.21. The minimum absolute atomic E-state index is 0.101. The van der Waals surface area contributed by atoms with Crippen molar-refractivity contribution < 1.29 is 13.9 Å². The molecule has 5 nitrogen and oxygen atoms in total. The van der Waals surface area contributed by atoms with Crippen LogP contribution in [0.25, 0.3) is 0 Å². The van der Waals surface area contributed by atoms with Crippen LogP contribution in [0.1, 0.15) is 10.5 Å². The summed E-state index contributed by atoms with van der Waals surface area (Å²) in [6.07, 6.45) is 1.41. The quantitative estimate of drug-likeness (QED) is 0.947. The van der Waals surface area contributed by atoms with Crippen LogP contribution in [-0.2, 0) is 7.05 Å². The number of hydrogen-bond acceptors (Lipinski definition) is 3. The number of nitrogens with zero attached hydrogens (tertiary/aromatic N) is 1. The smallest absolute Gasteiger partial charge is 0.272 e. The number of halogens is 2. The standard InChI is InChI=1S/C14H12ClFN2O3/c1-18-7-13(21-2)12(19)6-11(18)14(20)17-8-3-4-10(16)9(15)5-8/h3-7H,1-2H3,(H,17,20). The van der Waals surface area contributed by atoms with Crippen LogP contribution in [0.15, 0.2) is 35.3 Å². The third kappa shape index (κ3) is 3.22. The van der Waals surface area contributed by atoms with E-state index in [0.29, 0.717) is 5.69 Å². The van der Waals surface area contributed by atoms with Crippen LogP contribution in [0, 0.1) is 5.82 Å². The summed E-state index contributed by atoms with van der Waals surface area (Å²) < 4.78 is 19.4. The lowest BCUT2D eigenvalue weighted by atomic mass is 10.2. The molecule has 0 fully saturated rings. The number of hydrogen-bond donors (Lipinski definition) is 1. The zero-order valence-electron chi connectivity index (χ0n) is 11.3. The van der Waals surface area contributed by atoms with Gasteiger partial charge in [0.2, 0.25) is 5.43 Å². The van der Waals surface area contributed by atoms with Crippen LogP contribution in [0.5, 0.6) is 5.75 Å². The molecule has 0 aliphatic carbocycles. The van der Waals surface area contributed by atoms with E-state index in [1.165, 1.54) is 36.1 Å². The number of carbonyl (C=O) groups excluding carboxylic acids is 1. The molecule has 0 bridgehead atoms. The van der Waals surface area contributed by atoms with E-state index >= 15 is 0 Å². The topological polar surface area (TPSA) is 60.3 Å². The van der Waals surface area contributed by atoms with Gasteiger partial charge in [-0.15, -0.1) is 0 Å². The summed E-state index contributed by atoms with van der Waals surface area (Å²) in [5.74, 6) is -0.953. The number of benzene rings is 1. The Morgan fingerprint density at radius 2 is 2.10 bits per heavy atom. The highest BCUT2D eigenvalue weighted by atomic mass is 35.5. The molecule has 0 spiro atoms. The third-order valence-electron chi connectivity index (χ3n) is 2.83. The zero-order chi connectivity index (χ0) is 15.6. The normalized spacial score (nSPS) is 10.3. The van der Waals surface area contributed by atoms with Gasteiger partial charge in [0.1, 0.15) is 11.5 Å². The van der Waals surface area contributed by atoms with Gasteiger partial charge in [-0.1, -0.05) is 11.6 Å². The molecular formula is C14H12ClFN2O3. The van der Waals surface area contributed by atoms with E-state index in [0.717, 1.165) is 6.07 Å². The molecule has 110 valence electrons. The van der Waals surface area contributed by atoms with Crippen LogP contribution in [0.3, 0.4) is 0 Å². The summed E-state index contributed by atoms with van der Waals surface area (Å²) in [5.41, 5.74) is 0.0637. The maximum absolute atomic E-state index is 13.1. The fourth-order valence-corrected chi connectivity index (χ4v) is 1.93. The van der Waals surface area contributed by atoms with Gasteiger partial charge in [-0.3, -0.25) is 9.59 Å². The number of pyridine rings is 1. The van der Waals surface area contributed by atoms with Gasteiger partial charge < -0.3 is 14.6 Å². The number of rotatable bonds is 3. The summed E-state index contributed by atoms with van der Waals surface area (Å²) in [6, 6.07) is 4.97. The number of aromatic nitrogens is 1. The van der Waals surface area contributed by atoms with E-state index in [1.807, 2.05) is 0 Å². The maximum atomic E-state index is 13.1. The first-order valence-electron chi connectivity index (χ1n) is 5.93. The van der Waals surface area contributed by atoms with Gasteiger partial charge in [0.05, 0.1) is 18.3 Å². The fourth-order valence-electron chi connectivity index (χ4n) is 1.75. The maximum Gasteiger partial charge on any atom is 0.272 e. The Bertz CT molecular complexity index is 758. The molecule has 0 aliphatic heterocycles. The molecule has 0 unspecified atom stereocenters. The van der Waals surface area contributed by atoms with E-state index in [2.05, 4.69) is 5.32 Å². The first-order chi connectivity index (χ1) is 9.92. The minimum Gasteiger partial charge on any atom is -0.491 e. The Balaban J connectivity index is 2.30. The SMILES string of the molecule is COc1cn(C)c(C(=O)Nc2ccc(F)c(Cl)c2)cc1=O. The highest BCUT2D eigenvalue weighted by Gasteiger charge is 2.13. The van der Waals surface area contributed by atoms with Crippen molar-refractivity contribution in [3.8, 4) is 5.75 Å². The predicted octanol–water partition coefficient (Wildman–Crippen LogP) is 2.44. The Morgan fingerprint density at radius 1 is 1.38 bits per heavy atom. The monoisotopic (exact) mass is 310 g/mol. The Kier molecular flexibility index (Phi) is 4.28. The lowest BCUT2D eigenvalue weighted by Gasteiger charge is -2.11. The van der Waals surface area contributed by atoms with E-state index in [-0.39, 0.29) is 16.5 Å². The minimum atomic E-state index is -0.577. The second-order valence-electron chi connectivity index (χ2n) is 4.29. The van der Waals surface area contributed by atoms with E-state index in [4.69, 9.17) is 16.3 Å². The summed E-state index contributed by atoms with van der Waals surface area (Å²) in [6.45, 7) is 0. The van der Waals surface area contributed by atoms with Crippen molar-refractivity contribution in [2.24, 2.45) is 7.05 Å². The number of ether oxygens (including phenoxy) is 1. The average molecular weight is 311 g/mol. The first-order valence-corrected chi connectivity index (χ1v) is 6.31. The van der Waals surface area contributed by atoms with E-state index in [1.54, 1.807) is 7.05 Å². The lowest BCUT2D eigenvalue weighted by molar-refractivity contribution is 0.101. The Hall–Kier alpha value is -2.34. The highest BCUT2D eigenvalue weighted by Crippen LogP contribution is 2.19. The van der Waals surface area contributed by atoms with Crippen molar-refractivity contribution in [2.75, 3.05) is 12.4 Å². The average Bonchev–Trinajstić information content (AvgIpc) is 2.44. The van der Waals surface area contributed by atoms with Gasteiger partial charge in [0, 0.05) is 18.8 Å². The molecule has 0 saturated carbocycles. The summed E-state index contributed by atoms with van der Waals surface area (Å²) in [7, 11) is 2.98. The molecule has 7 heteroatoms. The molecule has 21 heavy (non-hydrogen) atoms. The largest absolute Gasteiger partial charge is 0.491 e. The van der Waals surface area contributed by atoms with Crippen LogP contribution < -0.4 is 15.5 Å². The summed E-state index contributed by atoms with van der Waals surface area (Å²) in [5, 5.41) is 2.44. The second kappa shape index (κ2) is 5.97. The van der Waals surface area contributed by atoms with Crippen LogP contribution in [0.2, 0.25) is 5.02 Å². The molecule has 0 aliphatic rings. The molecule has 0 atom stereocenters. The number of carbonyl (C=O) groups is 1. The van der Waals surface area contributed by atoms with Crippen molar-refractivity contribution in [3.05, 3.63) is 57.2 Å². The number of aryl methyl sites for hydroxylation is 1. The van der Waals surface area contributed by atoms with Crippen molar-refractivity contribution in [1.82, 2.24) is 4.57 Å². The Labute approximate surface area is 124 Å². The number of anilines is 1. The summed E-state index contributed by atoms with van der Waals surface area (Å²) >= 11 is 5.64. The molecular weight excluding hydrogens is 299 g/mol. The molecule has 1 amide bonds. The van der Waals surface area contributed by atoms with Crippen LogP contribution >= 0.6 is 11.6 Å². The molecule has 1 heterocycles. The first kappa shape index (κ1) is 15.1. The van der Waals surface area contributed by atoms with Crippen molar-refractivity contribution in [3.63, 3.8) is 0 Å². The Morgan fingerprint density at radius 3 is 2.71 bits per heavy atom. The number of nitrogens with one attached hydrogen (secondary N) is 1. The van der Waals surface area contributed by atoms with Crippen molar-refractivity contribution in [2.45, 2.75) is 0 Å². The van der Waals surface area contributed by atoms with Crippen molar-refractivity contribution >= 4 is 23.2 Å². The van der Waals surface area contributed by atoms with Gasteiger partial charge in [-0.05, 0) is 18.2 Å². The van der Waals surface area contributed by atoms with Crippen LogP contribution in [-0.4, -0.2) is 17.6 Å². The molecule has 1 aromatic heterocycles.